The maximum absolute atomic E-state index is 12.1. The number of halogens is 1. The Morgan fingerprint density at radius 3 is 2.48 bits per heavy atom. The first-order chi connectivity index (χ1) is 10.0. The average molecular weight is 310 g/mol. The second-order valence-electron chi connectivity index (χ2n) is 5.14. The lowest BCUT2D eigenvalue weighted by Crippen LogP contribution is -2.51. The molecule has 2 amide bonds. The molecule has 21 heavy (non-hydrogen) atoms. The van der Waals surface area contributed by atoms with Crippen molar-refractivity contribution in [2.24, 2.45) is 0 Å². The van der Waals surface area contributed by atoms with E-state index in [4.69, 9.17) is 11.6 Å². The van der Waals surface area contributed by atoms with Crippen molar-refractivity contribution in [2.75, 3.05) is 38.0 Å². The van der Waals surface area contributed by atoms with E-state index in [1.54, 1.807) is 17.0 Å². The zero-order valence-corrected chi connectivity index (χ0v) is 13.1. The number of nitrogens with one attached hydrogen (secondary N) is 1. The monoisotopic (exact) mass is 309 g/mol. The van der Waals surface area contributed by atoms with Gasteiger partial charge in [0, 0.05) is 36.9 Å². The molecule has 2 rings (SSSR count). The van der Waals surface area contributed by atoms with Gasteiger partial charge in [0.15, 0.2) is 0 Å². The molecule has 0 spiro atoms. The van der Waals surface area contributed by atoms with Gasteiger partial charge in [-0.05, 0) is 31.2 Å². The number of nitrogens with zero attached hydrogens (tertiary/aromatic N) is 2. The molecule has 0 saturated carbocycles. The number of anilines is 1. The zero-order valence-electron chi connectivity index (χ0n) is 12.4. The van der Waals surface area contributed by atoms with Gasteiger partial charge in [0.25, 0.3) is 0 Å². The highest BCUT2D eigenvalue weighted by molar-refractivity contribution is 6.39. The van der Waals surface area contributed by atoms with Gasteiger partial charge in [-0.15, -0.1) is 0 Å². The summed E-state index contributed by atoms with van der Waals surface area (Å²) < 4.78 is 0. The molecule has 5 nitrogen and oxygen atoms in total. The number of benzene rings is 1. The van der Waals surface area contributed by atoms with E-state index in [2.05, 4.69) is 17.1 Å². The van der Waals surface area contributed by atoms with Gasteiger partial charge in [0.05, 0.1) is 0 Å². The molecule has 0 aromatic heterocycles. The smallest absolute Gasteiger partial charge is 0.313 e. The molecule has 1 aromatic carbocycles. The molecule has 0 bridgehead atoms. The maximum atomic E-state index is 12.1. The fourth-order valence-corrected chi connectivity index (χ4v) is 2.45. The van der Waals surface area contributed by atoms with Gasteiger partial charge in [-0.25, -0.2) is 0 Å². The number of aryl methyl sites for hydroxylation is 1. The molecule has 1 aliphatic heterocycles. The second kappa shape index (κ2) is 6.91. The van der Waals surface area contributed by atoms with Crippen molar-refractivity contribution in [3.05, 3.63) is 28.8 Å². The highest BCUT2D eigenvalue weighted by atomic mass is 35.5. The quantitative estimate of drug-likeness (QED) is 0.847. The van der Waals surface area contributed by atoms with Crippen molar-refractivity contribution in [1.29, 1.82) is 0 Å². The summed E-state index contributed by atoms with van der Waals surface area (Å²) in [5, 5.41) is 3.17. The van der Waals surface area contributed by atoms with Crippen LogP contribution in [-0.4, -0.2) is 54.3 Å². The summed E-state index contributed by atoms with van der Waals surface area (Å²) in [6.45, 7) is 7.75. The Morgan fingerprint density at radius 2 is 1.90 bits per heavy atom. The fourth-order valence-electron chi connectivity index (χ4n) is 2.27. The topological polar surface area (TPSA) is 52.7 Å². The molecular weight excluding hydrogens is 290 g/mol. The normalized spacial score (nSPS) is 15.9. The first-order valence-corrected chi connectivity index (χ1v) is 7.48. The van der Waals surface area contributed by atoms with Crippen LogP contribution < -0.4 is 5.32 Å². The van der Waals surface area contributed by atoms with E-state index in [1.165, 1.54) is 0 Å². The van der Waals surface area contributed by atoms with E-state index < -0.39 is 11.8 Å². The predicted octanol–water partition coefficient (Wildman–Crippen LogP) is 1.75. The van der Waals surface area contributed by atoms with Crippen molar-refractivity contribution in [1.82, 2.24) is 9.80 Å². The third kappa shape index (κ3) is 3.95. The number of hydrogen-bond acceptors (Lipinski definition) is 3. The third-order valence-corrected chi connectivity index (χ3v) is 4.14. The molecule has 1 fully saturated rings. The van der Waals surface area contributed by atoms with E-state index >= 15 is 0 Å². The molecule has 0 radical (unpaired) electrons. The standard InChI is InChI=1S/C15H20ClN3O2/c1-3-18-6-8-19(9-7-18)15(21)14(20)17-12-5-4-11(2)13(16)10-12/h4-5,10H,3,6-9H2,1-2H3,(H,17,20). The van der Waals surface area contributed by atoms with Crippen molar-refractivity contribution in [3.8, 4) is 0 Å². The van der Waals surface area contributed by atoms with Crippen LogP contribution in [0.3, 0.4) is 0 Å². The number of piperazine rings is 1. The van der Waals surface area contributed by atoms with Gasteiger partial charge >= 0.3 is 11.8 Å². The van der Waals surface area contributed by atoms with Crippen LogP contribution in [0.15, 0.2) is 18.2 Å². The zero-order chi connectivity index (χ0) is 15.4. The predicted molar refractivity (Wildman–Crippen MR) is 83.5 cm³/mol. The molecule has 1 aliphatic rings. The number of amides is 2. The number of rotatable bonds is 2. The molecule has 0 unspecified atom stereocenters. The van der Waals surface area contributed by atoms with Crippen LogP contribution in [0.25, 0.3) is 0 Å². The molecule has 114 valence electrons. The van der Waals surface area contributed by atoms with Crippen molar-refractivity contribution >= 4 is 29.1 Å². The largest absolute Gasteiger partial charge is 0.332 e. The Morgan fingerprint density at radius 1 is 1.24 bits per heavy atom. The lowest BCUT2D eigenvalue weighted by atomic mass is 10.2. The lowest BCUT2D eigenvalue weighted by Gasteiger charge is -2.33. The first kappa shape index (κ1) is 15.8. The fraction of sp³-hybridized carbons (Fsp3) is 0.467. The summed E-state index contributed by atoms with van der Waals surface area (Å²) in [5.74, 6) is -1.10. The van der Waals surface area contributed by atoms with Gasteiger partial charge < -0.3 is 15.1 Å². The lowest BCUT2D eigenvalue weighted by molar-refractivity contribution is -0.144. The van der Waals surface area contributed by atoms with Crippen LogP contribution in [0, 0.1) is 6.92 Å². The Bertz CT molecular complexity index is 540. The first-order valence-electron chi connectivity index (χ1n) is 7.10. The summed E-state index contributed by atoms with van der Waals surface area (Å²) >= 11 is 6.01. The Labute approximate surface area is 129 Å². The highest BCUT2D eigenvalue weighted by Crippen LogP contribution is 2.20. The van der Waals surface area contributed by atoms with Crippen molar-refractivity contribution in [3.63, 3.8) is 0 Å². The maximum Gasteiger partial charge on any atom is 0.313 e. The van der Waals surface area contributed by atoms with Crippen molar-refractivity contribution in [2.45, 2.75) is 13.8 Å². The van der Waals surface area contributed by atoms with Crippen LogP contribution in [0.1, 0.15) is 12.5 Å². The Balaban J connectivity index is 1.93. The molecule has 1 heterocycles. The van der Waals surface area contributed by atoms with Gasteiger partial charge in [-0.1, -0.05) is 24.6 Å². The molecule has 6 heteroatoms. The summed E-state index contributed by atoms with van der Waals surface area (Å²) in [7, 11) is 0. The second-order valence-corrected chi connectivity index (χ2v) is 5.55. The Kier molecular flexibility index (Phi) is 5.20. The van der Waals surface area contributed by atoms with E-state index in [0.717, 1.165) is 25.2 Å². The highest BCUT2D eigenvalue weighted by Gasteiger charge is 2.25. The summed E-state index contributed by atoms with van der Waals surface area (Å²) in [6, 6.07) is 5.20. The van der Waals surface area contributed by atoms with Gasteiger partial charge in [-0.3, -0.25) is 9.59 Å². The van der Waals surface area contributed by atoms with Crippen LogP contribution in [-0.2, 0) is 9.59 Å². The average Bonchev–Trinajstić information content (AvgIpc) is 2.50. The van der Waals surface area contributed by atoms with E-state index in [1.807, 2.05) is 13.0 Å². The van der Waals surface area contributed by atoms with Crippen LogP contribution in [0.4, 0.5) is 5.69 Å². The molecule has 0 aliphatic carbocycles. The number of carbonyl (C=O) groups excluding carboxylic acids is 2. The summed E-state index contributed by atoms with van der Waals surface area (Å²) in [5.41, 5.74) is 1.47. The van der Waals surface area contributed by atoms with E-state index in [0.29, 0.717) is 23.8 Å². The van der Waals surface area contributed by atoms with Crippen LogP contribution in [0.5, 0.6) is 0 Å². The van der Waals surface area contributed by atoms with Gasteiger partial charge in [-0.2, -0.15) is 0 Å². The van der Waals surface area contributed by atoms with Crippen molar-refractivity contribution < 1.29 is 9.59 Å². The SMILES string of the molecule is CCN1CCN(C(=O)C(=O)Nc2ccc(C)c(Cl)c2)CC1. The van der Waals surface area contributed by atoms with E-state index in [9.17, 15) is 9.59 Å². The minimum Gasteiger partial charge on any atom is -0.332 e. The third-order valence-electron chi connectivity index (χ3n) is 3.73. The van der Waals surface area contributed by atoms with E-state index in [-0.39, 0.29) is 0 Å². The Hall–Kier alpha value is -1.59. The minimum atomic E-state index is -0.611. The van der Waals surface area contributed by atoms with Crippen LogP contribution in [0.2, 0.25) is 5.02 Å². The number of hydrogen-bond donors (Lipinski definition) is 1. The molecule has 1 N–H and O–H groups in total. The summed E-state index contributed by atoms with van der Waals surface area (Å²) in [6.07, 6.45) is 0. The number of carbonyl (C=O) groups is 2. The number of likely N-dealkylation sites (N-methyl/N-ethyl adjacent to an activating group) is 1. The van der Waals surface area contributed by atoms with Gasteiger partial charge in [0.1, 0.15) is 0 Å². The molecule has 1 aromatic rings. The molecular formula is C15H20ClN3O2. The minimum absolute atomic E-state index is 0.484. The van der Waals surface area contributed by atoms with Crippen LogP contribution >= 0.6 is 11.6 Å². The molecule has 0 atom stereocenters. The van der Waals surface area contributed by atoms with Gasteiger partial charge in [0.2, 0.25) is 0 Å². The molecule has 1 saturated heterocycles. The summed E-state index contributed by atoms with van der Waals surface area (Å²) in [4.78, 5) is 28.0.